The van der Waals surface area contributed by atoms with Crippen molar-refractivity contribution in [2.24, 2.45) is 5.10 Å². The normalized spacial score (nSPS) is 17.9. The Kier molecular flexibility index (Phi) is 3.60. The van der Waals surface area contributed by atoms with Crippen molar-refractivity contribution in [2.75, 3.05) is 5.32 Å². The maximum Gasteiger partial charge on any atom is 0.267 e. The second-order valence-electron chi connectivity index (χ2n) is 6.47. The number of rotatable bonds is 3. The fraction of sp³-hybridized carbons (Fsp3) is 0.0952. The van der Waals surface area contributed by atoms with Crippen molar-refractivity contribution in [3.63, 3.8) is 0 Å². The summed E-state index contributed by atoms with van der Waals surface area (Å²) in [7, 11) is 0. The molecule has 1 unspecified atom stereocenters. The van der Waals surface area contributed by atoms with E-state index in [2.05, 4.69) is 16.5 Å². The van der Waals surface area contributed by atoms with Crippen molar-refractivity contribution in [3.8, 4) is 5.69 Å². The number of fused-ring (bicyclic) bond motifs is 2. The van der Waals surface area contributed by atoms with E-state index >= 15 is 0 Å². The number of hydrazone groups is 1. The van der Waals surface area contributed by atoms with Crippen LogP contribution in [-0.4, -0.2) is 26.8 Å². The van der Waals surface area contributed by atoms with Crippen molar-refractivity contribution in [1.82, 2.24) is 14.6 Å². The number of benzene rings is 2. The smallest absolute Gasteiger partial charge is 0.267 e. The topological polar surface area (TPSA) is 62.5 Å². The van der Waals surface area contributed by atoms with Crippen LogP contribution in [0.1, 0.15) is 6.42 Å². The average molecular weight is 355 g/mol. The summed E-state index contributed by atoms with van der Waals surface area (Å²) in [6, 6.07) is 17.2. The number of nitrogens with one attached hydrogen (secondary N) is 1. The Morgan fingerprint density at radius 1 is 1.04 bits per heavy atom. The summed E-state index contributed by atoms with van der Waals surface area (Å²) in [6.07, 6.45) is 8.75. The van der Waals surface area contributed by atoms with Gasteiger partial charge < -0.3 is 5.32 Å². The van der Waals surface area contributed by atoms with Crippen LogP contribution in [0.3, 0.4) is 0 Å². The molecule has 6 heteroatoms. The van der Waals surface area contributed by atoms with Gasteiger partial charge in [-0.2, -0.15) is 5.10 Å². The zero-order valence-electron chi connectivity index (χ0n) is 14.5. The van der Waals surface area contributed by atoms with Crippen LogP contribution >= 0.6 is 0 Å². The molecule has 3 aromatic rings. The first-order valence-corrected chi connectivity index (χ1v) is 8.85. The minimum atomic E-state index is -0.0967. The van der Waals surface area contributed by atoms with Gasteiger partial charge in [0.2, 0.25) is 5.95 Å². The number of hydrogen-bond acceptors (Lipinski definition) is 5. The summed E-state index contributed by atoms with van der Waals surface area (Å²) in [5.74, 6) is 0.494. The lowest BCUT2D eigenvalue weighted by atomic mass is 10.1. The Morgan fingerprint density at radius 3 is 2.74 bits per heavy atom. The average Bonchev–Trinajstić information content (AvgIpc) is 3.17. The molecule has 0 bridgehead atoms. The second-order valence-corrected chi connectivity index (χ2v) is 6.47. The maximum atomic E-state index is 13.2. The Morgan fingerprint density at radius 2 is 1.85 bits per heavy atom. The minimum absolute atomic E-state index is 0.0967. The SMILES string of the molecule is O=c1c2ccccc2nc(NC2=CC3CC=NN3C=C2)n1-c1ccccc1. The van der Waals surface area contributed by atoms with E-state index in [1.54, 1.807) is 10.6 Å². The first kappa shape index (κ1) is 15.6. The Hall–Kier alpha value is -3.67. The van der Waals surface area contributed by atoms with Gasteiger partial charge in [-0.15, -0.1) is 0 Å². The standard InChI is InChI=1S/C21H17N5O/c27-20-18-8-4-5-9-19(18)24-21(26(20)16-6-2-1-3-7-16)23-15-11-13-25-17(14-15)10-12-22-25/h1-9,11-14,17H,10H2,(H,23,24). The van der Waals surface area contributed by atoms with Crippen LogP contribution in [0.25, 0.3) is 16.6 Å². The predicted molar refractivity (Wildman–Crippen MR) is 107 cm³/mol. The quantitative estimate of drug-likeness (QED) is 0.783. The van der Waals surface area contributed by atoms with Gasteiger partial charge in [-0.1, -0.05) is 30.3 Å². The molecule has 0 spiro atoms. The predicted octanol–water partition coefficient (Wildman–Crippen LogP) is 3.27. The molecule has 0 radical (unpaired) electrons. The fourth-order valence-corrected chi connectivity index (χ4v) is 3.40. The Bertz CT molecular complexity index is 1160. The molecule has 3 heterocycles. The molecule has 2 aliphatic heterocycles. The summed E-state index contributed by atoms with van der Waals surface area (Å²) in [4.78, 5) is 17.9. The van der Waals surface area contributed by atoms with Crippen LogP contribution in [0.15, 0.2) is 88.5 Å². The molecule has 27 heavy (non-hydrogen) atoms. The van der Waals surface area contributed by atoms with Gasteiger partial charge in [0, 0.05) is 24.5 Å². The molecule has 0 amide bonds. The van der Waals surface area contributed by atoms with Crippen molar-refractivity contribution >= 4 is 23.1 Å². The Balaban J connectivity index is 1.65. The molecule has 2 aromatic carbocycles. The van der Waals surface area contributed by atoms with E-state index < -0.39 is 0 Å². The van der Waals surface area contributed by atoms with Gasteiger partial charge in [0.25, 0.3) is 5.56 Å². The summed E-state index contributed by atoms with van der Waals surface area (Å²) < 4.78 is 1.62. The molecule has 132 valence electrons. The van der Waals surface area contributed by atoms with Crippen LogP contribution in [0.5, 0.6) is 0 Å². The van der Waals surface area contributed by atoms with Gasteiger partial charge in [0.15, 0.2) is 0 Å². The highest BCUT2D eigenvalue weighted by Gasteiger charge is 2.21. The van der Waals surface area contributed by atoms with E-state index in [0.717, 1.165) is 17.8 Å². The molecule has 6 nitrogen and oxygen atoms in total. The van der Waals surface area contributed by atoms with E-state index in [1.807, 2.05) is 72.0 Å². The third-order valence-corrected chi connectivity index (χ3v) is 4.73. The lowest BCUT2D eigenvalue weighted by molar-refractivity contribution is 0.366. The van der Waals surface area contributed by atoms with Gasteiger partial charge in [0.1, 0.15) is 0 Å². The van der Waals surface area contributed by atoms with Gasteiger partial charge in [-0.25, -0.2) is 9.55 Å². The van der Waals surface area contributed by atoms with Gasteiger partial charge >= 0.3 is 0 Å². The first-order valence-electron chi connectivity index (χ1n) is 8.85. The van der Waals surface area contributed by atoms with E-state index in [9.17, 15) is 4.79 Å². The third kappa shape index (κ3) is 2.71. The van der Waals surface area contributed by atoms with Crippen LogP contribution in [0, 0.1) is 0 Å². The fourth-order valence-electron chi connectivity index (χ4n) is 3.40. The lowest BCUT2D eigenvalue weighted by Gasteiger charge is -2.23. The first-order chi connectivity index (χ1) is 13.3. The Labute approximate surface area is 155 Å². The molecular weight excluding hydrogens is 338 g/mol. The highest BCUT2D eigenvalue weighted by atomic mass is 16.1. The molecule has 1 atom stereocenters. The van der Waals surface area contributed by atoms with Crippen LogP contribution < -0.4 is 10.9 Å². The highest BCUT2D eigenvalue weighted by molar-refractivity contribution is 5.79. The molecule has 5 rings (SSSR count). The number of aromatic nitrogens is 2. The number of anilines is 1. The van der Waals surface area contributed by atoms with Crippen molar-refractivity contribution in [1.29, 1.82) is 0 Å². The molecule has 0 saturated carbocycles. The highest BCUT2D eigenvalue weighted by Crippen LogP contribution is 2.22. The summed E-state index contributed by atoms with van der Waals surface area (Å²) in [6.45, 7) is 0. The maximum absolute atomic E-state index is 13.2. The molecular formula is C21H17N5O. The monoisotopic (exact) mass is 355 g/mol. The van der Waals surface area contributed by atoms with E-state index in [1.165, 1.54) is 0 Å². The molecule has 0 saturated heterocycles. The summed E-state index contributed by atoms with van der Waals surface area (Å²) in [5, 5.41) is 10.1. The van der Waals surface area contributed by atoms with Crippen molar-refractivity contribution in [3.05, 3.63) is 89.0 Å². The third-order valence-electron chi connectivity index (χ3n) is 4.73. The molecule has 1 N–H and O–H groups in total. The summed E-state index contributed by atoms with van der Waals surface area (Å²) >= 11 is 0. The van der Waals surface area contributed by atoms with Gasteiger partial charge in [-0.05, 0) is 36.4 Å². The number of para-hydroxylation sites is 2. The van der Waals surface area contributed by atoms with Crippen LogP contribution in [-0.2, 0) is 0 Å². The molecule has 2 aliphatic rings. The van der Waals surface area contributed by atoms with E-state index in [4.69, 9.17) is 4.98 Å². The molecule has 1 aromatic heterocycles. The van der Waals surface area contributed by atoms with Gasteiger partial charge in [-0.3, -0.25) is 9.80 Å². The number of allylic oxidation sites excluding steroid dienone is 1. The molecule has 0 aliphatic carbocycles. The minimum Gasteiger partial charge on any atom is -0.325 e. The van der Waals surface area contributed by atoms with Crippen LogP contribution in [0.4, 0.5) is 5.95 Å². The second kappa shape index (κ2) is 6.25. The number of nitrogens with zero attached hydrogens (tertiary/aromatic N) is 4. The van der Waals surface area contributed by atoms with Crippen molar-refractivity contribution in [2.45, 2.75) is 12.5 Å². The van der Waals surface area contributed by atoms with E-state index in [-0.39, 0.29) is 11.6 Å². The zero-order valence-corrected chi connectivity index (χ0v) is 14.5. The lowest BCUT2D eigenvalue weighted by Crippen LogP contribution is -2.26. The van der Waals surface area contributed by atoms with Gasteiger partial charge in [0.05, 0.1) is 22.6 Å². The van der Waals surface area contributed by atoms with Crippen molar-refractivity contribution < 1.29 is 0 Å². The summed E-state index contributed by atoms with van der Waals surface area (Å²) in [5.41, 5.74) is 2.24. The largest absolute Gasteiger partial charge is 0.325 e. The number of hydrogen-bond donors (Lipinski definition) is 1. The van der Waals surface area contributed by atoms with E-state index in [0.29, 0.717) is 16.9 Å². The molecule has 0 fully saturated rings. The zero-order chi connectivity index (χ0) is 18.2. The van der Waals surface area contributed by atoms with Crippen LogP contribution in [0.2, 0.25) is 0 Å².